The summed E-state index contributed by atoms with van der Waals surface area (Å²) in [6.07, 6.45) is -4.08. The van der Waals surface area contributed by atoms with Crippen molar-refractivity contribution in [3.05, 3.63) is 64.4 Å². The molecule has 2 aromatic rings. The van der Waals surface area contributed by atoms with Crippen LogP contribution in [0, 0.1) is 0 Å². The number of hydrogen-bond donors (Lipinski definition) is 0. The molecule has 1 aromatic heterocycles. The number of halogens is 4. The van der Waals surface area contributed by atoms with Crippen molar-refractivity contribution in [1.82, 2.24) is 4.98 Å². The third kappa shape index (κ3) is 3.23. The number of hydrogen-bond acceptors (Lipinski definition) is 1. The molecule has 0 saturated heterocycles. The van der Waals surface area contributed by atoms with Crippen LogP contribution in [0.3, 0.4) is 0 Å². The van der Waals surface area contributed by atoms with E-state index in [0.29, 0.717) is 12.1 Å². The van der Waals surface area contributed by atoms with E-state index in [1.54, 1.807) is 0 Å². The van der Waals surface area contributed by atoms with Crippen LogP contribution in [0.25, 0.3) is 0 Å². The average molecular weight is 272 g/mol. The van der Waals surface area contributed by atoms with E-state index in [2.05, 4.69) is 4.98 Å². The highest BCUT2D eigenvalue weighted by Gasteiger charge is 2.31. The lowest BCUT2D eigenvalue weighted by Gasteiger charge is -2.09. The quantitative estimate of drug-likeness (QED) is 0.740. The molecular weight excluding hydrogens is 263 g/mol. The highest BCUT2D eigenvalue weighted by Crippen LogP contribution is 2.31. The standard InChI is InChI=1S/C13H9ClF3N/c14-12-8-10(13(15,16)17)7-11(18-12)6-9-4-2-1-3-5-9/h1-5,7-8H,6H2. The van der Waals surface area contributed by atoms with Crippen LogP contribution in [0.15, 0.2) is 42.5 Å². The van der Waals surface area contributed by atoms with Gasteiger partial charge in [-0.15, -0.1) is 0 Å². The fourth-order valence-corrected chi connectivity index (χ4v) is 1.84. The van der Waals surface area contributed by atoms with E-state index < -0.39 is 11.7 Å². The molecule has 0 atom stereocenters. The van der Waals surface area contributed by atoms with Gasteiger partial charge < -0.3 is 0 Å². The summed E-state index contributed by atoms with van der Waals surface area (Å²) in [5.41, 5.74) is 0.426. The third-order valence-corrected chi connectivity index (χ3v) is 2.60. The predicted molar refractivity (Wildman–Crippen MR) is 63.5 cm³/mol. The number of benzene rings is 1. The summed E-state index contributed by atoms with van der Waals surface area (Å²) in [5.74, 6) is 0. The molecule has 0 saturated carbocycles. The molecule has 5 heteroatoms. The van der Waals surface area contributed by atoms with E-state index in [4.69, 9.17) is 11.6 Å². The summed E-state index contributed by atoms with van der Waals surface area (Å²) < 4.78 is 37.8. The maximum absolute atomic E-state index is 12.6. The third-order valence-electron chi connectivity index (χ3n) is 2.40. The first-order valence-electron chi connectivity index (χ1n) is 5.23. The maximum atomic E-state index is 12.6. The number of nitrogens with zero attached hydrogens (tertiary/aromatic N) is 1. The SMILES string of the molecule is FC(F)(F)c1cc(Cl)nc(Cc2ccccc2)c1. The largest absolute Gasteiger partial charge is 0.416 e. The van der Waals surface area contributed by atoms with Gasteiger partial charge in [0, 0.05) is 12.1 Å². The molecule has 1 heterocycles. The van der Waals surface area contributed by atoms with Crippen molar-refractivity contribution >= 4 is 11.6 Å². The first kappa shape index (κ1) is 12.9. The molecule has 0 radical (unpaired) electrons. The average Bonchev–Trinajstić information content (AvgIpc) is 2.28. The van der Waals surface area contributed by atoms with E-state index in [-0.39, 0.29) is 5.15 Å². The van der Waals surface area contributed by atoms with Crippen LogP contribution in [0.5, 0.6) is 0 Å². The van der Waals surface area contributed by atoms with Crippen molar-refractivity contribution in [1.29, 1.82) is 0 Å². The molecule has 2 rings (SSSR count). The molecule has 0 bridgehead atoms. The molecule has 0 amide bonds. The van der Waals surface area contributed by atoms with Crippen molar-refractivity contribution in [2.75, 3.05) is 0 Å². The van der Waals surface area contributed by atoms with Gasteiger partial charge in [0.25, 0.3) is 0 Å². The topological polar surface area (TPSA) is 12.9 Å². The zero-order valence-electron chi connectivity index (χ0n) is 9.21. The fraction of sp³-hybridized carbons (Fsp3) is 0.154. The van der Waals surface area contributed by atoms with Crippen LogP contribution in [-0.4, -0.2) is 4.98 Å². The zero-order chi connectivity index (χ0) is 13.2. The molecule has 0 spiro atoms. The van der Waals surface area contributed by atoms with E-state index >= 15 is 0 Å². The molecule has 94 valence electrons. The Morgan fingerprint density at radius 1 is 1.06 bits per heavy atom. The van der Waals surface area contributed by atoms with Crippen LogP contribution in [-0.2, 0) is 12.6 Å². The molecule has 1 aromatic carbocycles. The molecule has 1 nitrogen and oxygen atoms in total. The summed E-state index contributed by atoms with van der Waals surface area (Å²) in [5, 5.41) is -0.143. The lowest BCUT2D eigenvalue weighted by Crippen LogP contribution is -2.07. The molecular formula is C13H9ClF3N. The molecule has 18 heavy (non-hydrogen) atoms. The Labute approximate surface area is 107 Å². The summed E-state index contributed by atoms with van der Waals surface area (Å²) in [6, 6.07) is 11.0. The number of aromatic nitrogens is 1. The Hall–Kier alpha value is -1.55. The van der Waals surface area contributed by atoms with Gasteiger partial charge in [-0.2, -0.15) is 13.2 Å². The van der Waals surface area contributed by atoms with Crippen LogP contribution in [0.2, 0.25) is 5.15 Å². The van der Waals surface area contributed by atoms with Gasteiger partial charge in [0.05, 0.1) is 5.56 Å². The first-order chi connectivity index (χ1) is 8.45. The Morgan fingerprint density at radius 3 is 2.33 bits per heavy atom. The van der Waals surface area contributed by atoms with Gasteiger partial charge in [-0.1, -0.05) is 41.9 Å². The minimum Gasteiger partial charge on any atom is -0.241 e. The smallest absolute Gasteiger partial charge is 0.241 e. The molecule has 0 aliphatic carbocycles. The fourth-order valence-electron chi connectivity index (χ4n) is 1.61. The minimum atomic E-state index is -4.40. The molecule has 0 unspecified atom stereocenters. The maximum Gasteiger partial charge on any atom is 0.416 e. The highest BCUT2D eigenvalue weighted by molar-refractivity contribution is 6.29. The first-order valence-corrected chi connectivity index (χ1v) is 5.60. The predicted octanol–water partition coefficient (Wildman–Crippen LogP) is 4.34. The summed E-state index contributed by atoms with van der Waals surface area (Å²) in [7, 11) is 0. The number of pyridine rings is 1. The van der Waals surface area contributed by atoms with Crippen molar-refractivity contribution in [2.45, 2.75) is 12.6 Å². The van der Waals surface area contributed by atoms with Crippen molar-refractivity contribution in [2.24, 2.45) is 0 Å². The summed E-state index contributed by atoms with van der Waals surface area (Å²) in [6.45, 7) is 0. The van der Waals surface area contributed by atoms with Crippen LogP contribution < -0.4 is 0 Å². The van der Waals surface area contributed by atoms with Gasteiger partial charge in [-0.3, -0.25) is 0 Å². The van der Waals surface area contributed by atoms with Gasteiger partial charge in [0.15, 0.2) is 0 Å². The van der Waals surface area contributed by atoms with Crippen LogP contribution in [0.4, 0.5) is 13.2 Å². The lowest BCUT2D eigenvalue weighted by atomic mass is 10.1. The van der Waals surface area contributed by atoms with Crippen molar-refractivity contribution < 1.29 is 13.2 Å². The number of alkyl halides is 3. The van der Waals surface area contributed by atoms with E-state index in [9.17, 15) is 13.2 Å². The Balaban J connectivity index is 2.32. The second-order valence-electron chi connectivity index (χ2n) is 3.83. The number of rotatable bonds is 2. The highest BCUT2D eigenvalue weighted by atomic mass is 35.5. The molecule has 0 fully saturated rings. The van der Waals surface area contributed by atoms with E-state index in [0.717, 1.165) is 17.7 Å². The van der Waals surface area contributed by atoms with Gasteiger partial charge in [-0.25, -0.2) is 4.98 Å². The van der Waals surface area contributed by atoms with Crippen LogP contribution >= 0.6 is 11.6 Å². The van der Waals surface area contributed by atoms with Crippen LogP contribution in [0.1, 0.15) is 16.8 Å². The Morgan fingerprint density at radius 2 is 1.72 bits per heavy atom. The van der Waals surface area contributed by atoms with E-state index in [1.807, 2.05) is 30.3 Å². The van der Waals surface area contributed by atoms with Gasteiger partial charge in [0.1, 0.15) is 5.15 Å². The molecule has 0 aliphatic heterocycles. The van der Waals surface area contributed by atoms with Crippen molar-refractivity contribution in [3.63, 3.8) is 0 Å². The van der Waals surface area contributed by atoms with E-state index in [1.165, 1.54) is 0 Å². The molecule has 0 aliphatic rings. The summed E-state index contributed by atoms with van der Waals surface area (Å²) >= 11 is 5.61. The van der Waals surface area contributed by atoms with Crippen molar-refractivity contribution in [3.8, 4) is 0 Å². The minimum absolute atomic E-state index is 0.143. The lowest BCUT2D eigenvalue weighted by molar-refractivity contribution is -0.137. The van der Waals surface area contributed by atoms with Gasteiger partial charge in [0.2, 0.25) is 0 Å². The normalized spacial score (nSPS) is 11.6. The Bertz CT molecular complexity index is 538. The Kier molecular flexibility index (Phi) is 3.57. The second-order valence-corrected chi connectivity index (χ2v) is 4.22. The zero-order valence-corrected chi connectivity index (χ0v) is 9.96. The van der Waals surface area contributed by atoms with Gasteiger partial charge in [-0.05, 0) is 17.7 Å². The van der Waals surface area contributed by atoms with Gasteiger partial charge >= 0.3 is 6.18 Å². The summed E-state index contributed by atoms with van der Waals surface area (Å²) in [4.78, 5) is 3.91. The second kappa shape index (κ2) is 4.98. The molecule has 0 N–H and O–H groups in total. The monoisotopic (exact) mass is 271 g/mol.